The number of likely N-dealkylation sites (N-methyl/N-ethyl adjacent to an activating group) is 1. The number of carbonyl (C=O) groups is 1. The Morgan fingerprint density at radius 2 is 1.96 bits per heavy atom. The number of piperidine rings is 1. The quantitative estimate of drug-likeness (QED) is 0.704. The maximum Gasteiger partial charge on any atom is 0.256 e. The minimum Gasteiger partial charge on any atom is -0.379 e. The molecule has 0 unspecified atom stereocenters. The highest BCUT2D eigenvalue weighted by molar-refractivity contribution is 5.86. The van der Waals surface area contributed by atoms with Crippen LogP contribution in [0.2, 0.25) is 0 Å². The van der Waals surface area contributed by atoms with Gasteiger partial charge in [0.2, 0.25) is 0 Å². The van der Waals surface area contributed by atoms with E-state index in [9.17, 15) is 9.90 Å². The maximum absolute atomic E-state index is 12.8. The summed E-state index contributed by atoms with van der Waals surface area (Å²) in [5.74, 6) is 0.355. The van der Waals surface area contributed by atoms with E-state index < -0.39 is 5.60 Å². The predicted octanol–water partition coefficient (Wildman–Crippen LogP) is 1.81. The molecule has 1 aromatic carbocycles. The summed E-state index contributed by atoms with van der Waals surface area (Å²) in [6.45, 7) is 7.60. The minimum absolute atomic E-state index is 0.149. The molecule has 1 amide bonds. The molecule has 25 heavy (non-hydrogen) atoms. The summed E-state index contributed by atoms with van der Waals surface area (Å²) in [7, 11) is 4.02. The van der Waals surface area contributed by atoms with Gasteiger partial charge in [-0.3, -0.25) is 4.79 Å². The van der Waals surface area contributed by atoms with Gasteiger partial charge in [0.05, 0.1) is 0 Å². The molecule has 1 saturated heterocycles. The Labute approximate surface area is 152 Å². The van der Waals surface area contributed by atoms with Crippen LogP contribution in [-0.4, -0.2) is 66.7 Å². The molecule has 0 aliphatic carbocycles. The Morgan fingerprint density at radius 3 is 2.56 bits per heavy atom. The molecule has 0 radical (unpaired) electrons. The molecule has 0 spiro atoms. The van der Waals surface area contributed by atoms with Crippen molar-refractivity contribution in [1.82, 2.24) is 15.1 Å². The second kappa shape index (κ2) is 8.79. The number of nitrogens with one attached hydrogen (secondary N) is 1. The highest BCUT2D eigenvalue weighted by Crippen LogP contribution is 2.24. The number of benzene rings is 1. The minimum atomic E-state index is -1.28. The molecule has 1 aromatic rings. The van der Waals surface area contributed by atoms with Crippen LogP contribution in [0, 0.1) is 0 Å². The monoisotopic (exact) mass is 347 g/mol. The van der Waals surface area contributed by atoms with E-state index in [4.69, 9.17) is 0 Å². The summed E-state index contributed by atoms with van der Waals surface area (Å²) in [6, 6.07) is 8.43. The zero-order valence-corrected chi connectivity index (χ0v) is 16.1. The molecule has 0 bridgehead atoms. The van der Waals surface area contributed by atoms with Crippen molar-refractivity contribution >= 4 is 5.91 Å². The smallest absolute Gasteiger partial charge is 0.256 e. The third kappa shape index (κ3) is 5.53. The molecular weight excluding hydrogens is 314 g/mol. The van der Waals surface area contributed by atoms with Gasteiger partial charge in [-0.1, -0.05) is 38.1 Å². The molecule has 5 nitrogen and oxygen atoms in total. The molecule has 0 aromatic heterocycles. The molecule has 2 rings (SSSR count). The van der Waals surface area contributed by atoms with Gasteiger partial charge >= 0.3 is 0 Å². The molecule has 5 heteroatoms. The SMILES string of the molecule is CC(C)c1ccc(CN2CCC[C@@](O)(CNCCN(C)C)C2=O)cc1. The van der Waals surface area contributed by atoms with Crippen molar-refractivity contribution in [2.75, 3.05) is 40.3 Å². The van der Waals surface area contributed by atoms with Gasteiger partial charge in [0.25, 0.3) is 5.91 Å². The van der Waals surface area contributed by atoms with Crippen LogP contribution in [0.25, 0.3) is 0 Å². The van der Waals surface area contributed by atoms with Gasteiger partial charge in [0.1, 0.15) is 0 Å². The Balaban J connectivity index is 1.94. The molecule has 0 saturated carbocycles. The standard InChI is InChI=1S/C20H33N3O2/c1-16(2)18-8-6-17(7-9-18)14-23-12-5-10-20(25,19(23)24)15-21-11-13-22(3)4/h6-9,16,21,25H,5,10-15H2,1-4H3/t20-/m1/s1. The lowest BCUT2D eigenvalue weighted by Crippen LogP contribution is -2.58. The number of hydrogen-bond donors (Lipinski definition) is 2. The van der Waals surface area contributed by atoms with Crippen molar-refractivity contribution in [3.8, 4) is 0 Å². The number of nitrogens with zero attached hydrogens (tertiary/aromatic N) is 2. The molecule has 1 aliphatic heterocycles. The van der Waals surface area contributed by atoms with Gasteiger partial charge in [-0.05, 0) is 44.0 Å². The Hall–Kier alpha value is -1.43. The van der Waals surface area contributed by atoms with E-state index in [2.05, 4.69) is 48.3 Å². The van der Waals surface area contributed by atoms with E-state index in [1.807, 2.05) is 14.1 Å². The second-order valence-corrected chi connectivity index (χ2v) is 7.74. The summed E-state index contributed by atoms with van der Waals surface area (Å²) in [4.78, 5) is 16.6. The van der Waals surface area contributed by atoms with Gasteiger partial charge in [-0.25, -0.2) is 0 Å². The number of hydrogen-bond acceptors (Lipinski definition) is 4. The molecule has 1 aliphatic rings. The Kier molecular flexibility index (Phi) is 6.99. The van der Waals surface area contributed by atoms with Crippen LogP contribution >= 0.6 is 0 Å². The summed E-state index contributed by atoms with van der Waals surface area (Å²) >= 11 is 0. The first-order valence-electron chi connectivity index (χ1n) is 9.28. The molecule has 1 heterocycles. The number of amides is 1. The largest absolute Gasteiger partial charge is 0.379 e. The number of likely N-dealkylation sites (tertiary alicyclic amines) is 1. The van der Waals surface area contributed by atoms with Gasteiger partial charge in [0, 0.05) is 32.7 Å². The van der Waals surface area contributed by atoms with Crippen LogP contribution in [0.15, 0.2) is 24.3 Å². The molecule has 1 fully saturated rings. The summed E-state index contributed by atoms with van der Waals surface area (Å²) in [5.41, 5.74) is 1.14. The van der Waals surface area contributed by atoms with Crippen LogP contribution in [0.5, 0.6) is 0 Å². The second-order valence-electron chi connectivity index (χ2n) is 7.74. The lowest BCUT2D eigenvalue weighted by molar-refractivity contribution is -0.157. The normalized spacial score (nSPS) is 21.4. The van der Waals surface area contributed by atoms with Crippen molar-refractivity contribution in [1.29, 1.82) is 0 Å². The van der Waals surface area contributed by atoms with Crippen molar-refractivity contribution in [2.24, 2.45) is 0 Å². The van der Waals surface area contributed by atoms with E-state index >= 15 is 0 Å². The third-order valence-corrected chi connectivity index (χ3v) is 4.88. The first kappa shape index (κ1) is 19.9. The first-order chi connectivity index (χ1) is 11.8. The predicted molar refractivity (Wildman–Crippen MR) is 102 cm³/mol. The highest BCUT2D eigenvalue weighted by Gasteiger charge is 2.41. The van der Waals surface area contributed by atoms with Crippen LogP contribution < -0.4 is 5.32 Å². The van der Waals surface area contributed by atoms with Gasteiger partial charge < -0.3 is 20.2 Å². The van der Waals surface area contributed by atoms with Crippen molar-refractivity contribution in [3.63, 3.8) is 0 Å². The summed E-state index contributed by atoms with van der Waals surface area (Å²) in [6.07, 6.45) is 1.37. The van der Waals surface area contributed by atoms with E-state index in [0.717, 1.165) is 25.1 Å². The molecule has 140 valence electrons. The Morgan fingerprint density at radius 1 is 1.28 bits per heavy atom. The topological polar surface area (TPSA) is 55.8 Å². The zero-order chi connectivity index (χ0) is 18.4. The van der Waals surface area contributed by atoms with Crippen LogP contribution in [0.1, 0.15) is 43.7 Å². The van der Waals surface area contributed by atoms with Crippen LogP contribution in [-0.2, 0) is 11.3 Å². The molecular formula is C20H33N3O2. The fraction of sp³-hybridized carbons (Fsp3) is 0.650. The number of carbonyl (C=O) groups excluding carboxylic acids is 1. The molecule has 1 atom stereocenters. The fourth-order valence-corrected chi connectivity index (χ4v) is 3.21. The summed E-state index contributed by atoms with van der Waals surface area (Å²) < 4.78 is 0. The van der Waals surface area contributed by atoms with E-state index in [0.29, 0.717) is 32.0 Å². The van der Waals surface area contributed by atoms with Gasteiger partial charge in [-0.15, -0.1) is 0 Å². The van der Waals surface area contributed by atoms with Crippen LogP contribution in [0.4, 0.5) is 0 Å². The van der Waals surface area contributed by atoms with Crippen molar-refractivity contribution < 1.29 is 9.90 Å². The van der Waals surface area contributed by atoms with Crippen LogP contribution in [0.3, 0.4) is 0 Å². The first-order valence-corrected chi connectivity index (χ1v) is 9.28. The zero-order valence-electron chi connectivity index (χ0n) is 16.1. The summed E-state index contributed by atoms with van der Waals surface area (Å²) in [5, 5.41) is 14.0. The Bertz CT molecular complexity index is 557. The highest BCUT2D eigenvalue weighted by atomic mass is 16.3. The third-order valence-electron chi connectivity index (χ3n) is 4.88. The lowest BCUT2D eigenvalue weighted by atomic mass is 9.91. The average Bonchev–Trinajstić information content (AvgIpc) is 2.56. The lowest BCUT2D eigenvalue weighted by Gasteiger charge is -2.38. The number of rotatable bonds is 8. The van der Waals surface area contributed by atoms with Crippen molar-refractivity contribution in [2.45, 2.75) is 44.8 Å². The van der Waals surface area contributed by atoms with E-state index in [1.165, 1.54) is 5.56 Å². The van der Waals surface area contributed by atoms with E-state index in [1.54, 1.807) is 4.90 Å². The molecule has 2 N–H and O–H groups in total. The number of aliphatic hydroxyl groups is 1. The van der Waals surface area contributed by atoms with Gasteiger partial charge in [-0.2, -0.15) is 0 Å². The maximum atomic E-state index is 12.8. The van der Waals surface area contributed by atoms with Crippen molar-refractivity contribution in [3.05, 3.63) is 35.4 Å². The fourth-order valence-electron chi connectivity index (χ4n) is 3.21. The van der Waals surface area contributed by atoms with E-state index in [-0.39, 0.29) is 5.91 Å². The average molecular weight is 348 g/mol. The van der Waals surface area contributed by atoms with Gasteiger partial charge in [0.15, 0.2) is 5.60 Å².